The van der Waals surface area contributed by atoms with E-state index < -0.39 is 0 Å². The quantitative estimate of drug-likeness (QED) is 0.788. The van der Waals surface area contributed by atoms with E-state index in [1.54, 1.807) is 0 Å². The van der Waals surface area contributed by atoms with Crippen LogP contribution in [0.1, 0.15) is 39.0 Å². The second-order valence-electron chi connectivity index (χ2n) is 6.23. The number of hydrogen-bond donors (Lipinski definition) is 1. The summed E-state index contributed by atoms with van der Waals surface area (Å²) < 4.78 is 5.96. The van der Waals surface area contributed by atoms with Crippen LogP contribution in [0, 0.1) is 5.92 Å². The predicted molar refractivity (Wildman–Crippen MR) is 69.1 cm³/mol. The van der Waals surface area contributed by atoms with Crippen LogP contribution in [-0.4, -0.2) is 49.3 Å². The van der Waals surface area contributed by atoms with Gasteiger partial charge in [0, 0.05) is 25.2 Å². The van der Waals surface area contributed by atoms with Crippen molar-refractivity contribution in [3.05, 3.63) is 0 Å². The molecule has 3 fully saturated rings. The molecule has 0 radical (unpaired) electrons. The Kier molecular flexibility index (Phi) is 3.69. The van der Waals surface area contributed by atoms with Crippen LogP contribution in [0.2, 0.25) is 0 Å². The number of hydrogen-bond acceptors (Lipinski definition) is 3. The van der Waals surface area contributed by atoms with Crippen molar-refractivity contribution in [2.75, 3.05) is 26.2 Å². The summed E-state index contributed by atoms with van der Waals surface area (Å²) in [5.41, 5.74) is 0. The van der Waals surface area contributed by atoms with Crippen LogP contribution in [0.3, 0.4) is 0 Å². The first kappa shape index (κ1) is 11.9. The van der Waals surface area contributed by atoms with E-state index >= 15 is 0 Å². The molecule has 0 spiro atoms. The van der Waals surface area contributed by atoms with Gasteiger partial charge in [-0.3, -0.25) is 4.90 Å². The zero-order chi connectivity index (χ0) is 11.7. The average molecular weight is 238 g/mol. The third kappa shape index (κ3) is 3.21. The normalized spacial score (nSPS) is 35.8. The van der Waals surface area contributed by atoms with Crippen LogP contribution < -0.4 is 5.32 Å². The molecule has 0 amide bonds. The number of nitrogens with zero attached hydrogens (tertiary/aromatic N) is 1. The maximum Gasteiger partial charge on any atom is 0.0827 e. The first-order valence-corrected chi connectivity index (χ1v) is 7.40. The van der Waals surface area contributed by atoms with E-state index in [0.29, 0.717) is 12.1 Å². The van der Waals surface area contributed by atoms with Gasteiger partial charge in [-0.25, -0.2) is 0 Å². The summed E-state index contributed by atoms with van der Waals surface area (Å²) in [5.74, 6) is 1.02. The maximum absolute atomic E-state index is 5.96. The van der Waals surface area contributed by atoms with Gasteiger partial charge in [-0.15, -0.1) is 0 Å². The van der Waals surface area contributed by atoms with Crippen molar-refractivity contribution >= 4 is 0 Å². The van der Waals surface area contributed by atoms with Crippen LogP contribution in [0.25, 0.3) is 0 Å². The van der Waals surface area contributed by atoms with Crippen molar-refractivity contribution in [3.8, 4) is 0 Å². The lowest BCUT2D eigenvalue weighted by Gasteiger charge is -2.35. The van der Waals surface area contributed by atoms with Crippen molar-refractivity contribution in [2.45, 2.75) is 57.2 Å². The van der Waals surface area contributed by atoms with Crippen molar-refractivity contribution in [1.82, 2.24) is 10.2 Å². The Hall–Kier alpha value is -0.120. The number of rotatable bonds is 5. The Morgan fingerprint density at radius 2 is 2.24 bits per heavy atom. The van der Waals surface area contributed by atoms with Crippen LogP contribution in [0.4, 0.5) is 0 Å². The smallest absolute Gasteiger partial charge is 0.0827 e. The van der Waals surface area contributed by atoms with Crippen molar-refractivity contribution in [3.63, 3.8) is 0 Å². The van der Waals surface area contributed by atoms with Crippen molar-refractivity contribution in [1.29, 1.82) is 0 Å². The van der Waals surface area contributed by atoms with Gasteiger partial charge in [0.25, 0.3) is 0 Å². The Morgan fingerprint density at radius 3 is 3.06 bits per heavy atom. The van der Waals surface area contributed by atoms with Gasteiger partial charge in [0.15, 0.2) is 0 Å². The van der Waals surface area contributed by atoms with E-state index in [0.717, 1.165) is 31.7 Å². The molecule has 1 saturated carbocycles. The lowest BCUT2D eigenvalue weighted by molar-refractivity contribution is -0.0478. The maximum atomic E-state index is 5.96. The molecule has 2 heterocycles. The first-order chi connectivity index (χ1) is 8.31. The molecule has 98 valence electrons. The number of nitrogens with one attached hydrogen (secondary N) is 1. The summed E-state index contributed by atoms with van der Waals surface area (Å²) in [5, 5.41) is 3.65. The van der Waals surface area contributed by atoms with Crippen LogP contribution in [0.15, 0.2) is 0 Å². The highest BCUT2D eigenvalue weighted by Gasteiger charge is 2.32. The van der Waals surface area contributed by atoms with E-state index in [1.807, 2.05) is 0 Å². The third-order valence-electron chi connectivity index (χ3n) is 4.54. The molecule has 3 aliphatic rings. The minimum atomic E-state index is 0.422. The molecule has 2 aliphatic heterocycles. The van der Waals surface area contributed by atoms with Gasteiger partial charge in [-0.05, 0) is 38.6 Å². The number of ether oxygens (including phenoxy) is 1. The zero-order valence-electron chi connectivity index (χ0n) is 11.0. The molecule has 2 saturated heterocycles. The Morgan fingerprint density at radius 1 is 1.35 bits per heavy atom. The molecule has 3 heteroatoms. The molecule has 0 aromatic rings. The molecular weight excluding hydrogens is 212 g/mol. The lowest BCUT2D eigenvalue weighted by Crippen LogP contribution is -2.50. The van der Waals surface area contributed by atoms with Gasteiger partial charge in [0.2, 0.25) is 0 Å². The molecule has 17 heavy (non-hydrogen) atoms. The second kappa shape index (κ2) is 5.25. The molecular formula is C14H26N2O. The fourth-order valence-electron chi connectivity index (χ4n) is 3.28. The molecule has 3 unspecified atom stereocenters. The number of morpholine rings is 1. The molecule has 0 bridgehead atoms. The summed E-state index contributed by atoms with van der Waals surface area (Å²) >= 11 is 0. The monoisotopic (exact) mass is 238 g/mol. The number of fused-ring (bicyclic) bond motifs is 1. The highest BCUT2D eigenvalue weighted by atomic mass is 16.5. The topological polar surface area (TPSA) is 24.5 Å². The SMILES string of the molecule is CC(CC1CC1)NCC1CN2CCCC2CO1. The molecule has 1 aliphatic carbocycles. The van der Waals surface area contributed by atoms with Crippen LogP contribution in [0.5, 0.6) is 0 Å². The molecule has 0 aromatic heterocycles. The van der Waals surface area contributed by atoms with Crippen molar-refractivity contribution < 1.29 is 4.74 Å². The van der Waals surface area contributed by atoms with E-state index in [2.05, 4.69) is 17.1 Å². The predicted octanol–water partition coefficient (Wildman–Crippen LogP) is 1.63. The van der Waals surface area contributed by atoms with E-state index in [1.165, 1.54) is 38.6 Å². The Balaban J connectivity index is 1.36. The fourth-order valence-corrected chi connectivity index (χ4v) is 3.28. The molecule has 3 nitrogen and oxygen atoms in total. The van der Waals surface area contributed by atoms with Crippen LogP contribution in [-0.2, 0) is 4.74 Å². The van der Waals surface area contributed by atoms with Crippen LogP contribution >= 0.6 is 0 Å². The Labute approximate surface area is 105 Å². The largest absolute Gasteiger partial charge is 0.374 e. The summed E-state index contributed by atoms with van der Waals surface area (Å²) in [7, 11) is 0. The zero-order valence-corrected chi connectivity index (χ0v) is 11.0. The fraction of sp³-hybridized carbons (Fsp3) is 1.00. The summed E-state index contributed by atoms with van der Waals surface area (Å²) in [4.78, 5) is 2.63. The van der Waals surface area contributed by atoms with E-state index in [-0.39, 0.29) is 0 Å². The second-order valence-corrected chi connectivity index (χ2v) is 6.23. The average Bonchev–Trinajstić information content (AvgIpc) is 3.01. The van der Waals surface area contributed by atoms with Gasteiger partial charge < -0.3 is 10.1 Å². The van der Waals surface area contributed by atoms with E-state index in [4.69, 9.17) is 4.74 Å². The standard InChI is InChI=1S/C14H26N2O/c1-11(7-12-4-5-12)15-8-14-9-16-6-2-3-13(16)10-17-14/h11-15H,2-10H2,1H3. The summed E-state index contributed by atoms with van der Waals surface area (Å²) in [6, 6.07) is 1.40. The lowest BCUT2D eigenvalue weighted by atomic mass is 10.1. The third-order valence-corrected chi connectivity index (χ3v) is 4.54. The highest BCUT2D eigenvalue weighted by molar-refractivity contribution is 4.86. The molecule has 1 N–H and O–H groups in total. The van der Waals surface area contributed by atoms with Gasteiger partial charge in [0.05, 0.1) is 12.7 Å². The van der Waals surface area contributed by atoms with Gasteiger partial charge in [-0.2, -0.15) is 0 Å². The minimum Gasteiger partial charge on any atom is -0.374 e. The Bertz CT molecular complexity index is 255. The molecule has 0 aromatic carbocycles. The molecule has 3 rings (SSSR count). The van der Waals surface area contributed by atoms with E-state index in [9.17, 15) is 0 Å². The summed E-state index contributed by atoms with van der Waals surface area (Å²) in [6.07, 6.45) is 7.41. The molecule has 3 atom stereocenters. The first-order valence-electron chi connectivity index (χ1n) is 7.40. The van der Waals surface area contributed by atoms with Crippen molar-refractivity contribution in [2.24, 2.45) is 5.92 Å². The van der Waals surface area contributed by atoms with Gasteiger partial charge >= 0.3 is 0 Å². The van der Waals surface area contributed by atoms with Gasteiger partial charge in [0.1, 0.15) is 0 Å². The summed E-state index contributed by atoms with van der Waals surface area (Å²) in [6.45, 7) is 6.76. The highest BCUT2D eigenvalue weighted by Crippen LogP contribution is 2.33. The van der Waals surface area contributed by atoms with Gasteiger partial charge in [-0.1, -0.05) is 12.8 Å². The minimum absolute atomic E-state index is 0.422.